The van der Waals surface area contributed by atoms with Gasteiger partial charge >= 0.3 is 0 Å². The molecular formula is C20H19ClN2O. The van der Waals surface area contributed by atoms with Crippen molar-refractivity contribution in [2.24, 2.45) is 0 Å². The minimum Gasteiger partial charge on any atom is -0.457 e. The van der Waals surface area contributed by atoms with Crippen molar-refractivity contribution in [3.05, 3.63) is 76.4 Å². The first-order valence-electron chi connectivity index (χ1n) is 7.75. The molecule has 122 valence electrons. The Bertz CT molecular complexity index is 837. The molecule has 0 aliphatic heterocycles. The summed E-state index contributed by atoms with van der Waals surface area (Å²) in [5.74, 6) is 2.36. The van der Waals surface area contributed by atoms with Gasteiger partial charge in [0.2, 0.25) is 0 Å². The van der Waals surface area contributed by atoms with E-state index >= 15 is 0 Å². The summed E-state index contributed by atoms with van der Waals surface area (Å²) in [5, 5.41) is 3.95. The molecule has 0 bridgehead atoms. The summed E-state index contributed by atoms with van der Waals surface area (Å²) in [6, 6.07) is 15.5. The average molecular weight is 339 g/mol. The molecule has 0 atom stereocenters. The molecule has 1 aromatic heterocycles. The van der Waals surface area contributed by atoms with Crippen molar-refractivity contribution in [1.82, 2.24) is 4.98 Å². The third-order valence-electron chi connectivity index (χ3n) is 3.67. The number of benzene rings is 2. The Hall–Kier alpha value is -2.52. The zero-order valence-electron chi connectivity index (χ0n) is 13.9. The quantitative estimate of drug-likeness (QED) is 0.615. The molecule has 1 heterocycles. The van der Waals surface area contributed by atoms with Crippen LogP contribution in [-0.4, -0.2) is 4.98 Å². The molecule has 0 saturated heterocycles. The third kappa shape index (κ3) is 3.87. The van der Waals surface area contributed by atoms with Crippen molar-refractivity contribution in [2.45, 2.75) is 20.8 Å². The predicted octanol–water partition coefficient (Wildman–Crippen LogP) is 6.20. The van der Waals surface area contributed by atoms with E-state index in [-0.39, 0.29) is 0 Å². The third-order valence-corrected chi connectivity index (χ3v) is 3.92. The minimum absolute atomic E-state index is 0.705. The summed E-state index contributed by atoms with van der Waals surface area (Å²) >= 11 is 5.91. The fraction of sp³-hybridized carbons (Fsp3) is 0.150. The number of nitrogens with zero attached hydrogens (tertiary/aromatic N) is 1. The van der Waals surface area contributed by atoms with Gasteiger partial charge in [-0.15, -0.1) is 0 Å². The Labute approximate surface area is 147 Å². The number of rotatable bonds is 4. The maximum atomic E-state index is 6.09. The number of aryl methyl sites for hydroxylation is 3. The molecule has 24 heavy (non-hydrogen) atoms. The van der Waals surface area contributed by atoms with Crippen molar-refractivity contribution in [1.29, 1.82) is 0 Å². The lowest BCUT2D eigenvalue weighted by molar-refractivity contribution is 0.474. The molecule has 0 radical (unpaired) electrons. The van der Waals surface area contributed by atoms with Crippen LogP contribution in [0.3, 0.4) is 0 Å². The fourth-order valence-corrected chi connectivity index (χ4v) is 2.80. The van der Waals surface area contributed by atoms with Crippen LogP contribution >= 0.6 is 11.6 Å². The number of anilines is 2. The zero-order chi connectivity index (χ0) is 17.1. The number of ether oxygens (including phenoxy) is 1. The first-order valence-corrected chi connectivity index (χ1v) is 8.13. The van der Waals surface area contributed by atoms with Gasteiger partial charge in [-0.2, -0.15) is 0 Å². The van der Waals surface area contributed by atoms with Gasteiger partial charge in [-0.25, -0.2) is 4.98 Å². The highest BCUT2D eigenvalue weighted by molar-refractivity contribution is 6.30. The number of hydrogen-bond donors (Lipinski definition) is 1. The highest BCUT2D eigenvalue weighted by Gasteiger charge is 2.07. The maximum absolute atomic E-state index is 6.09. The van der Waals surface area contributed by atoms with Crippen LogP contribution in [0.25, 0.3) is 0 Å². The Kier molecular flexibility index (Phi) is 4.72. The van der Waals surface area contributed by atoms with E-state index < -0.39 is 0 Å². The second kappa shape index (κ2) is 6.93. The van der Waals surface area contributed by atoms with Crippen molar-refractivity contribution >= 4 is 23.1 Å². The van der Waals surface area contributed by atoms with E-state index in [1.807, 2.05) is 36.4 Å². The summed E-state index contributed by atoms with van der Waals surface area (Å²) in [5.41, 5.74) is 4.40. The van der Waals surface area contributed by atoms with Gasteiger partial charge in [0.25, 0.3) is 0 Å². The lowest BCUT2D eigenvalue weighted by Gasteiger charge is -2.13. The van der Waals surface area contributed by atoms with Crippen molar-refractivity contribution < 1.29 is 4.74 Å². The monoisotopic (exact) mass is 338 g/mol. The van der Waals surface area contributed by atoms with Gasteiger partial charge in [0.15, 0.2) is 0 Å². The lowest BCUT2D eigenvalue weighted by atomic mass is 10.1. The molecule has 3 rings (SSSR count). The van der Waals surface area contributed by atoms with Gasteiger partial charge in [-0.1, -0.05) is 29.3 Å². The molecule has 0 aliphatic rings. The van der Waals surface area contributed by atoms with E-state index in [0.29, 0.717) is 5.02 Å². The van der Waals surface area contributed by atoms with Gasteiger partial charge in [-0.3, -0.25) is 0 Å². The average Bonchev–Trinajstić information content (AvgIpc) is 2.53. The van der Waals surface area contributed by atoms with Crippen molar-refractivity contribution in [2.75, 3.05) is 5.32 Å². The Morgan fingerprint density at radius 2 is 1.58 bits per heavy atom. The zero-order valence-corrected chi connectivity index (χ0v) is 14.7. The molecule has 0 spiro atoms. The number of hydrogen-bond acceptors (Lipinski definition) is 3. The van der Waals surface area contributed by atoms with E-state index in [2.05, 4.69) is 43.2 Å². The number of halogens is 1. The smallest absolute Gasteiger partial charge is 0.134 e. The molecule has 0 saturated carbocycles. The van der Waals surface area contributed by atoms with Gasteiger partial charge in [-0.05, 0) is 62.2 Å². The summed E-state index contributed by atoms with van der Waals surface area (Å²) in [6.45, 7) is 6.21. The summed E-state index contributed by atoms with van der Waals surface area (Å²) in [4.78, 5) is 4.33. The van der Waals surface area contributed by atoms with Crippen LogP contribution in [-0.2, 0) is 0 Å². The molecule has 1 N–H and O–H groups in total. The lowest BCUT2D eigenvalue weighted by Crippen LogP contribution is -1.96. The molecular weight excluding hydrogens is 320 g/mol. The minimum atomic E-state index is 0.705. The van der Waals surface area contributed by atoms with Crippen molar-refractivity contribution in [3.8, 4) is 11.5 Å². The molecule has 4 heteroatoms. The molecule has 0 amide bonds. The first kappa shape index (κ1) is 16.3. The van der Waals surface area contributed by atoms with Gasteiger partial charge in [0.05, 0.1) is 0 Å². The van der Waals surface area contributed by atoms with Gasteiger partial charge in [0, 0.05) is 23.0 Å². The van der Waals surface area contributed by atoms with Gasteiger partial charge in [0.1, 0.15) is 17.3 Å². The highest BCUT2D eigenvalue weighted by atomic mass is 35.5. The number of aromatic nitrogens is 1. The number of nitrogens with one attached hydrogen (secondary N) is 1. The normalized spacial score (nSPS) is 10.5. The molecule has 3 nitrogen and oxygen atoms in total. The van der Waals surface area contributed by atoms with E-state index in [1.165, 1.54) is 5.56 Å². The second-order valence-electron chi connectivity index (χ2n) is 5.84. The van der Waals surface area contributed by atoms with Crippen LogP contribution in [0.2, 0.25) is 5.02 Å². The van der Waals surface area contributed by atoms with Gasteiger partial charge < -0.3 is 10.1 Å². The van der Waals surface area contributed by atoms with Crippen LogP contribution in [0.15, 0.2) is 54.7 Å². The largest absolute Gasteiger partial charge is 0.457 e. The van der Waals surface area contributed by atoms with Crippen LogP contribution in [0.5, 0.6) is 11.5 Å². The second-order valence-corrected chi connectivity index (χ2v) is 6.28. The Morgan fingerprint density at radius 3 is 2.25 bits per heavy atom. The summed E-state index contributed by atoms with van der Waals surface area (Å²) in [7, 11) is 0. The topological polar surface area (TPSA) is 34.1 Å². The van der Waals surface area contributed by atoms with E-state index in [1.54, 1.807) is 6.20 Å². The van der Waals surface area contributed by atoms with Crippen LogP contribution < -0.4 is 10.1 Å². The molecule has 0 unspecified atom stereocenters. The van der Waals surface area contributed by atoms with E-state index in [9.17, 15) is 0 Å². The first-order chi connectivity index (χ1) is 11.5. The predicted molar refractivity (Wildman–Crippen MR) is 99.7 cm³/mol. The fourth-order valence-electron chi connectivity index (χ4n) is 2.67. The Morgan fingerprint density at radius 1 is 0.917 bits per heavy atom. The van der Waals surface area contributed by atoms with Crippen LogP contribution in [0.4, 0.5) is 11.5 Å². The summed E-state index contributed by atoms with van der Waals surface area (Å²) in [6.07, 6.45) is 1.73. The molecule has 2 aromatic carbocycles. The summed E-state index contributed by atoms with van der Waals surface area (Å²) < 4.78 is 6.09. The Balaban J connectivity index is 1.82. The number of pyridine rings is 1. The molecule has 3 aromatic rings. The van der Waals surface area contributed by atoms with Crippen LogP contribution in [0.1, 0.15) is 16.7 Å². The maximum Gasteiger partial charge on any atom is 0.134 e. The highest BCUT2D eigenvalue weighted by Crippen LogP contribution is 2.31. The molecule has 0 aliphatic carbocycles. The van der Waals surface area contributed by atoms with Crippen molar-refractivity contribution in [3.63, 3.8) is 0 Å². The van der Waals surface area contributed by atoms with E-state index in [0.717, 1.165) is 34.1 Å². The standard InChI is InChI=1S/C20H19ClN2O/c1-13-10-14(2)20(15(3)11-13)24-18-8-9-22-19(12-18)23-17-6-4-16(21)5-7-17/h4-12H,1-3H3,(H,22,23). The SMILES string of the molecule is Cc1cc(C)c(Oc2ccnc(Nc3ccc(Cl)cc3)c2)c(C)c1. The van der Waals surface area contributed by atoms with E-state index in [4.69, 9.17) is 16.3 Å². The van der Waals surface area contributed by atoms with Crippen LogP contribution in [0, 0.1) is 20.8 Å². The molecule has 0 fully saturated rings.